The number of methoxy groups -OCH3 is 2. The standard InChI is InChI=1S/C20H28N2O5S2/c1-13(2)9-19(23)21-20-22(15-11-29(24,25)12-18(15)28-20)8-7-14-5-6-16(26-3)17(10-14)27-4/h5-6,10,13,15,18H,7-9,11-12H2,1-4H3/t15-,18-/m0/s1. The SMILES string of the molecule is COc1ccc(CCN2C(=NC(=O)CC(C)C)S[C@H]3CS(=O)(=O)C[C@@H]32)cc1OC. The molecule has 2 heterocycles. The molecule has 0 aromatic heterocycles. The summed E-state index contributed by atoms with van der Waals surface area (Å²) in [4.78, 5) is 18.6. The number of carbonyl (C=O) groups is 1. The average molecular weight is 441 g/mol. The zero-order valence-electron chi connectivity index (χ0n) is 17.3. The minimum absolute atomic E-state index is 0.0593. The molecule has 7 nitrogen and oxygen atoms in total. The fraction of sp³-hybridized carbons (Fsp3) is 0.600. The summed E-state index contributed by atoms with van der Waals surface area (Å²) in [5.74, 6) is 1.67. The zero-order valence-corrected chi connectivity index (χ0v) is 18.9. The van der Waals surface area contributed by atoms with E-state index in [2.05, 4.69) is 4.99 Å². The van der Waals surface area contributed by atoms with Crippen molar-refractivity contribution in [3.63, 3.8) is 0 Å². The molecule has 2 saturated heterocycles. The predicted molar refractivity (Wildman–Crippen MR) is 116 cm³/mol. The molecule has 3 rings (SSSR count). The maximum absolute atomic E-state index is 12.3. The Labute approximate surface area is 176 Å². The Morgan fingerprint density at radius 1 is 1.24 bits per heavy atom. The van der Waals surface area contributed by atoms with Crippen LogP contribution in [0.15, 0.2) is 23.2 Å². The molecule has 2 atom stereocenters. The molecule has 0 saturated carbocycles. The van der Waals surface area contributed by atoms with Gasteiger partial charge in [0.1, 0.15) is 0 Å². The third kappa shape index (κ3) is 5.25. The molecule has 1 aromatic carbocycles. The summed E-state index contributed by atoms with van der Waals surface area (Å²) in [6, 6.07) is 5.62. The van der Waals surface area contributed by atoms with E-state index in [1.807, 2.05) is 36.9 Å². The topological polar surface area (TPSA) is 85.3 Å². The largest absolute Gasteiger partial charge is 0.493 e. The van der Waals surface area contributed by atoms with Crippen LogP contribution >= 0.6 is 11.8 Å². The molecule has 29 heavy (non-hydrogen) atoms. The molecule has 0 unspecified atom stereocenters. The highest BCUT2D eigenvalue weighted by Crippen LogP contribution is 2.38. The maximum Gasteiger partial charge on any atom is 0.248 e. The zero-order chi connectivity index (χ0) is 21.2. The third-order valence-electron chi connectivity index (χ3n) is 5.07. The molecule has 2 aliphatic rings. The van der Waals surface area contributed by atoms with Crippen LogP contribution in [-0.2, 0) is 21.1 Å². The Kier molecular flexibility index (Phi) is 6.78. The number of aliphatic imine (C=N–C) groups is 1. The van der Waals surface area contributed by atoms with Crippen LogP contribution in [0.5, 0.6) is 11.5 Å². The first kappa shape index (κ1) is 22.0. The fourth-order valence-electron chi connectivity index (χ4n) is 3.68. The van der Waals surface area contributed by atoms with Gasteiger partial charge in [0.15, 0.2) is 26.5 Å². The Bertz CT molecular complexity index is 898. The summed E-state index contributed by atoms with van der Waals surface area (Å²) in [6.07, 6.45) is 1.07. The van der Waals surface area contributed by atoms with Crippen molar-refractivity contribution in [2.45, 2.75) is 38.0 Å². The van der Waals surface area contributed by atoms with Gasteiger partial charge in [-0.05, 0) is 30.0 Å². The molecule has 9 heteroatoms. The van der Waals surface area contributed by atoms with Crippen molar-refractivity contribution in [1.29, 1.82) is 0 Å². The van der Waals surface area contributed by atoms with Crippen LogP contribution in [0.2, 0.25) is 0 Å². The van der Waals surface area contributed by atoms with Gasteiger partial charge in [0.2, 0.25) is 5.91 Å². The van der Waals surface area contributed by atoms with E-state index < -0.39 is 9.84 Å². The van der Waals surface area contributed by atoms with E-state index in [1.165, 1.54) is 11.8 Å². The van der Waals surface area contributed by atoms with Gasteiger partial charge in [0.05, 0.1) is 31.8 Å². The van der Waals surface area contributed by atoms with E-state index in [0.29, 0.717) is 36.1 Å². The van der Waals surface area contributed by atoms with Gasteiger partial charge in [0.25, 0.3) is 0 Å². The highest BCUT2D eigenvalue weighted by molar-refractivity contribution is 8.15. The van der Waals surface area contributed by atoms with Gasteiger partial charge in [-0.25, -0.2) is 8.42 Å². The number of ether oxygens (including phenoxy) is 2. The van der Waals surface area contributed by atoms with Gasteiger partial charge in [-0.15, -0.1) is 0 Å². The lowest BCUT2D eigenvalue weighted by atomic mass is 10.1. The van der Waals surface area contributed by atoms with Crippen LogP contribution in [0.4, 0.5) is 0 Å². The molecular weight excluding hydrogens is 412 g/mol. The van der Waals surface area contributed by atoms with E-state index >= 15 is 0 Å². The first-order valence-electron chi connectivity index (χ1n) is 9.68. The summed E-state index contributed by atoms with van der Waals surface area (Å²) in [5.41, 5.74) is 1.05. The van der Waals surface area contributed by atoms with Crippen molar-refractivity contribution in [1.82, 2.24) is 4.90 Å². The highest BCUT2D eigenvalue weighted by Gasteiger charge is 2.48. The number of rotatable bonds is 7. The summed E-state index contributed by atoms with van der Waals surface area (Å²) in [5, 5.41) is 0.594. The number of carbonyl (C=O) groups excluding carboxylic acids is 1. The summed E-state index contributed by atoms with van der Waals surface area (Å²) in [7, 11) is 0.138. The number of fused-ring (bicyclic) bond motifs is 1. The van der Waals surface area contributed by atoms with Crippen LogP contribution in [0.1, 0.15) is 25.8 Å². The first-order chi connectivity index (χ1) is 13.7. The fourth-order valence-corrected chi connectivity index (χ4v) is 7.68. The van der Waals surface area contributed by atoms with Crippen LogP contribution in [0.25, 0.3) is 0 Å². The van der Waals surface area contributed by atoms with E-state index in [0.717, 1.165) is 5.56 Å². The molecule has 0 spiro atoms. The summed E-state index contributed by atoms with van der Waals surface area (Å²) < 4.78 is 34.9. The van der Waals surface area contributed by atoms with Crippen molar-refractivity contribution < 1.29 is 22.7 Å². The molecule has 160 valence electrons. The Hall–Kier alpha value is -1.74. The lowest BCUT2D eigenvalue weighted by Crippen LogP contribution is -2.39. The van der Waals surface area contributed by atoms with Crippen LogP contribution in [0, 0.1) is 5.92 Å². The van der Waals surface area contributed by atoms with Crippen LogP contribution < -0.4 is 9.47 Å². The Balaban J connectivity index is 1.78. The third-order valence-corrected chi connectivity index (χ3v) is 8.31. The second-order valence-corrected chi connectivity index (χ2v) is 11.2. The van der Waals surface area contributed by atoms with Crippen LogP contribution in [0.3, 0.4) is 0 Å². The molecule has 0 aliphatic carbocycles. The molecule has 2 aliphatic heterocycles. The van der Waals surface area contributed by atoms with Gasteiger partial charge >= 0.3 is 0 Å². The van der Waals surface area contributed by atoms with E-state index in [1.54, 1.807) is 14.2 Å². The van der Waals surface area contributed by atoms with Gasteiger partial charge in [-0.1, -0.05) is 31.7 Å². The second-order valence-electron chi connectivity index (χ2n) is 7.82. The quantitative estimate of drug-likeness (QED) is 0.643. The number of hydrogen-bond donors (Lipinski definition) is 0. The molecular formula is C20H28N2O5S2. The maximum atomic E-state index is 12.3. The molecule has 2 fully saturated rings. The first-order valence-corrected chi connectivity index (χ1v) is 12.4. The minimum Gasteiger partial charge on any atom is -0.493 e. The molecule has 1 amide bonds. The Morgan fingerprint density at radius 2 is 1.97 bits per heavy atom. The number of amidine groups is 1. The van der Waals surface area contributed by atoms with Crippen LogP contribution in [-0.4, -0.2) is 68.0 Å². The molecule has 0 N–H and O–H groups in total. The number of benzene rings is 1. The molecule has 0 radical (unpaired) electrons. The smallest absolute Gasteiger partial charge is 0.248 e. The predicted octanol–water partition coefficient (Wildman–Crippen LogP) is 2.39. The Morgan fingerprint density at radius 3 is 2.62 bits per heavy atom. The van der Waals surface area contributed by atoms with Crippen molar-refractivity contribution in [3.8, 4) is 11.5 Å². The molecule has 1 aromatic rings. The number of nitrogens with zero attached hydrogens (tertiary/aromatic N) is 2. The molecule has 0 bridgehead atoms. The van der Waals surface area contributed by atoms with Gasteiger partial charge < -0.3 is 14.4 Å². The van der Waals surface area contributed by atoms with Crippen molar-refractivity contribution >= 4 is 32.7 Å². The van der Waals surface area contributed by atoms with E-state index in [9.17, 15) is 13.2 Å². The van der Waals surface area contributed by atoms with Crippen molar-refractivity contribution in [3.05, 3.63) is 23.8 Å². The summed E-state index contributed by atoms with van der Waals surface area (Å²) in [6.45, 7) is 4.55. The minimum atomic E-state index is -3.05. The number of hydrogen-bond acceptors (Lipinski definition) is 6. The van der Waals surface area contributed by atoms with Gasteiger partial charge in [-0.3, -0.25) is 4.79 Å². The number of thioether (sulfide) groups is 1. The summed E-state index contributed by atoms with van der Waals surface area (Å²) >= 11 is 1.43. The van der Waals surface area contributed by atoms with E-state index in [4.69, 9.17) is 9.47 Å². The number of sulfone groups is 1. The lowest BCUT2D eigenvalue weighted by molar-refractivity contribution is -0.118. The van der Waals surface area contributed by atoms with Gasteiger partial charge in [0, 0.05) is 18.2 Å². The lowest BCUT2D eigenvalue weighted by Gasteiger charge is -2.24. The van der Waals surface area contributed by atoms with E-state index in [-0.39, 0.29) is 34.6 Å². The van der Waals surface area contributed by atoms with Gasteiger partial charge in [-0.2, -0.15) is 4.99 Å². The number of amides is 1. The van der Waals surface area contributed by atoms with Crippen molar-refractivity contribution in [2.75, 3.05) is 32.3 Å². The second kappa shape index (κ2) is 8.95. The average Bonchev–Trinajstić information content (AvgIpc) is 3.09. The monoisotopic (exact) mass is 440 g/mol. The highest BCUT2D eigenvalue weighted by atomic mass is 32.2. The van der Waals surface area contributed by atoms with Crippen molar-refractivity contribution in [2.24, 2.45) is 10.9 Å². The normalized spacial score (nSPS) is 24.2.